The van der Waals surface area contributed by atoms with E-state index in [-0.39, 0.29) is 35.7 Å². The van der Waals surface area contributed by atoms with Crippen LogP contribution in [0.15, 0.2) is 60.7 Å². The van der Waals surface area contributed by atoms with Crippen LogP contribution in [-0.2, 0) is 11.2 Å². The van der Waals surface area contributed by atoms with E-state index in [0.29, 0.717) is 27.3 Å². The van der Waals surface area contributed by atoms with Crippen LogP contribution in [0.25, 0.3) is 21.5 Å². The second-order valence-electron chi connectivity index (χ2n) is 7.15. The molecule has 0 saturated carbocycles. The van der Waals surface area contributed by atoms with Gasteiger partial charge in [0, 0.05) is 17.5 Å². The van der Waals surface area contributed by atoms with Crippen molar-refractivity contribution in [2.24, 2.45) is 0 Å². The third-order valence-corrected chi connectivity index (χ3v) is 5.33. The standard InChI is InChI=1S/C25H20O6/c1-2-31-25(30)21-12-15-8-4-6-10-17(15)19(23(21)27)13-18-16-9-5-3-7-14(16)11-20(22(18)26)24(28)29/h3-12,26-27H,2,13H2,1H3,(H,28,29). The van der Waals surface area contributed by atoms with Gasteiger partial charge in [-0.05, 0) is 40.6 Å². The molecule has 0 unspecified atom stereocenters. The van der Waals surface area contributed by atoms with Crippen molar-refractivity contribution in [1.82, 2.24) is 0 Å². The minimum absolute atomic E-state index is 0.0209. The molecule has 156 valence electrons. The molecule has 4 aromatic carbocycles. The molecule has 0 spiro atoms. The SMILES string of the molecule is CCOC(=O)c1cc2ccccc2c(Cc2c(O)c(C(=O)O)cc3ccccc23)c1O. The molecule has 0 aliphatic rings. The summed E-state index contributed by atoms with van der Waals surface area (Å²) in [7, 11) is 0. The first kappa shape index (κ1) is 20.2. The normalized spacial score (nSPS) is 11.0. The molecule has 0 bridgehead atoms. The molecule has 0 radical (unpaired) electrons. The fourth-order valence-corrected chi connectivity index (χ4v) is 3.89. The number of hydrogen-bond donors (Lipinski definition) is 3. The second kappa shape index (κ2) is 7.99. The van der Waals surface area contributed by atoms with Gasteiger partial charge in [0.1, 0.15) is 22.6 Å². The van der Waals surface area contributed by atoms with Crippen molar-refractivity contribution in [2.75, 3.05) is 6.61 Å². The number of esters is 1. The first-order valence-electron chi connectivity index (χ1n) is 9.80. The summed E-state index contributed by atoms with van der Waals surface area (Å²) in [6, 6.07) is 17.3. The first-order chi connectivity index (χ1) is 14.9. The number of carboxylic acid groups (broad SMARTS) is 1. The smallest absolute Gasteiger partial charge is 0.341 e. The number of aromatic hydroxyl groups is 2. The molecule has 0 fully saturated rings. The highest BCUT2D eigenvalue weighted by atomic mass is 16.5. The van der Waals surface area contributed by atoms with Crippen molar-refractivity contribution in [3.05, 3.63) is 82.9 Å². The number of phenolic OH excluding ortho intramolecular Hbond substituents is 1. The van der Waals surface area contributed by atoms with Gasteiger partial charge in [-0.15, -0.1) is 0 Å². The number of hydrogen-bond acceptors (Lipinski definition) is 5. The van der Waals surface area contributed by atoms with Crippen LogP contribution in [0.3, 0.4) is 0 Å². The Kier molecular flexibility index (Phi) is 5.21. The fraction of sp³-hybridized carbons (Fsp3) is 0.120. The van der Waals surface area contributed by atoms with Crippen molar-refractivity contribution in [1.29, 1.82) is 0 Å². The summed E-state index contributed by atoms with van der Waals surface area (Å²) in [4.78, 5) is 24.1. The van der Waals surface area contributed by atoms with Crippen LogP contribution in [0.4, 0.5) is 0 Å². The number of benzene rings is 4. The molecule has 31 heavy (non-hydrogen) atoms. The zero-order valence-electron chi connectivity index (χ0n) is 16.8. The number of carbonyl (C=O) groups excluding carboxylic acids is 1. The average molecular weight is 416 g/mol. The van der Waals surface area contributed by atoms with Gasteiger partial charge < -0.3 is 20.1 Å². The number of rotatable bonds is 5. The summed E-state index contributed by atoms with van der Waals surface area (Å²) >= 11 is 0. The van der Waals surface area contributed by atoms with Gasteiger partial charge in [-0.25, -0.2) is 9.59 Å². The summed E-state index contributed by atoms with van der Waals surface area (Å²) in [5, 5.41) is 34.0. The van der Waals surface area contributed by atoms with E-state index in [4.69, 9.17) is 4.74 Å². The second-order valence-corrected chi connectivity index (χ2v) is 7.15. The van der Waals surface area contributed by atoms with Gasteiger partial charge in [-0.1, -0.05) is 48.5 Å². The third kappa shape index (κ3) is 3.53. The lowest BCUT2D eigenvalue weighted by Crippen LogP contribution is -2.07. The van der Waals surface area contributed by atoms with Gasteiger partial charge >= 0.3 is 11.9 Å². The molecule has 0 amide bonds. The van der Waals surface area contributed by atoms with E-state index in [2.05, 4.69) is 0 Å². The Bertz CT molecular complexity index is 1340. The van der Waals surface area contributed by atoms with Crippen LogP contribution in [-0.4, -0.2) is 33.9 Å². The topological polar surface area (TPSA) is 104 Å². The number of carbonyl (C=O) groups is 2. The Labute approximate surface area is 177 Å². The molecule has 0 saturated heterocycles. The van der Waals surface area contributed by atoms with Crippen LogP contribution >= 0.6 is 0 Å². The van der Waals surface area contributed by atoms with Gasteiger partial charge in [0.25, 0.3) is 0 Å². The fourth-order valence-electron chi connectivity index (χ4n) is 3.89. The van der Waals surface area contributed by atoms with E-state index >= 15 is 0 Å². The zero-order chi connectivity index (χ0) is 22.1. The lowest BCUT2D eigenvalue weighted by atomic mass is 9.90. The molecule has 0 heterocycles. The highest BCUT2D eigenvalue weighted by Gasteiger charge is 2.23. The van der Waals surface area contributed by atoms with Crippen molar-refractivity contribution in [3.8, 4) is 11.5 Å². The molecule has 0 aliphatic heterocycles. The van der Waals surface area contributed by atoms with E-state index < -0.39 is 11.9 Å². The van der Waals surface area contributed by atoms with Crippen LogP contribution in [0.1, 0.15) is 38.8 Å². The first-order valence-corrected chi connectivity index (χ1v) is 9.80. The third-order valence-electron chi connectivity index (χ3n) is 5.33. The largest absolute Gasteiger partial charge is 0.507 e. The summed E-state index contributed by atoms with van der Waals surface area (Å²) in [5.74, 6) is -2.52. The Morgan fingerprint density at radius 1 is 0.806 bits per heavy atom. The molecule has 0 aliphatic carbocycles. The Morgan fingerprint density at radius 2 is 1.29 bits per heavy atom. The highest BCUT2D eigenvalue weighted by molar-refractivity contribution is 6.02. The predicted molar refractivity (Wildman–Crippen MR) is 117 cm³/mol. The van der Waals surface area contributed by atoms with Crippen LogP contribution in [0, 0.1) is 0 Å². The van der Waals surface area contributed by atoms with E-state index in [0.717, 1.165) is 5.39 Å². The highest BCUT2D eigenvalue weighted by Crippen LogP contribution is 2.38. The number of phenols is 2. The molecular weight excluding hydrogens is 396 g/mol. The number of ether oxygens (including phenoxy) is 1. The van der Waals surface area contributed by atoms with Crippen molar-refractivity contribution < 1.29 is 29.6 Å². The minimum Gasteiger partial charge on any atom is -0.507 e. The van der Waals surface area contributed by atoms with Crippen molar-refractivity contribution in [3.63, 3.8) is 0 Å². The molecule has 0 aromatic heterocycles. The Balaban J connectivity index is 2.00. The minimum atomic E-state index is -1.25. The molecule has 6 heteroatoms. The van der Waals surface area contributed by atoms with Gasteiger partial charge in [0.15, 0.2) is 0 Å². The maximum absolute atomic E-state index is 12.4. The van der Waals surface area contributed by atoms with Crippen molar-refractivity contribution >= 4 is 33.5 Å². The number of carboxylic acids is 1. The Hall–Kier alpha value is -4.06. The van der Waals surface area contributed by atoms with Crippen LogP contribution < -0.4 is 0 Å². The maximum atomic E-state index is 12.4. The van der Waals surface area contributed by atoms with Gasteiger partial charge in [0.05, 0.1) is 6.61 Å². The monoisotopic (exact) mass is 416 g/mol. The lowest BCUT2D eigenvalue weighted by molar-refractivity contribution is 0.0522. The summed E-state index contributed by atoms with van der Waals surface area (Å²) in [6.07, 6.45) is 0.0209. The molecular formula is C25H20O6. The molecule has 4 rings (SSSR count). The Morgan fingerprint density at radius 3 is 1.81 bits per heavy atom. The summed E-state index contributed by atoms with van der Waals surface area (Å²) in [6.45, 7) is 1.84. The molecule has 3 N–H and O–H groups in total. The van der Waals surface area contributed by atoms with Crippen molar-refractivity contribution in [2.45, 2.75) is 13.3 Å². The predicted octanol–water partition coefficient (Wildman–Crippen LogP) is 4.87. The average Bonchev–Trinajstić information content (AvgIpc) is 2.76. The van der Waals surface area contributed by atoms with E-state index in [1.165, 1.54) is 6.07 Å². The summed E-state index contributed by atoms with van der Waals surface area (Å²) in [5.41, 5.74) is 0.564. The maximum Gasteiger partial charge on any atom is 0.341 e. The summed E-state index contributed by atoms with van der Waals surface area (Å²) < 4.78 is 5.08. The van der Waals surface area contributed by atoms with Gasteiger partial charge in [0.2, 0.25) is 0 Å². The van der Waals surface area contributed by atoms with Crippen LogP contribution in [0.5, 0.6) is 11.5 Å². The zero-order valence-corrected chi connectivity index (χ0v) is 16.8. The lowest BCUT2D eigenvalue weighted by Gasteiger charge is -2.16. The van der Waals surface area contributed by atoms with E-state index in [1.54, 1.807) is 49.4 Å². The van der Waals surface area contributed by atoms with Gasteiger partial charge in [-0.2, -0.15) is 0 Å². The van der Waals surface area contributed by atoms with Gasteiger partial charge in [-0.3, -0.25) is 0 Å². The number of aromatic carboxylic acids is 1. The van der Waals surface area contributed by atoms with E-state index in [1.807, 2.05) is 12.1 Å². The molecule has 0 atom stereocenters. The van der Waals surface area contributed by atoms with Crippen LogP contribution in [0.2, 0.25) is 0 Å². The number of fused-ring (bicyclic) bond motifs is 2. The quantitative estimate of drug-likeness (QED) is 0.401. The van der Waals surface area contributed by atoms with E-state index in [9.17, 15) is 24.9 Å². The molecule has 4 aromatic rings. The molecule has 6 nitrogen and oxygen atoms in total.